The second-order valence-electron chi connectivity index (χ2n) is 11.1. The van der Waals surface area contributed by atoms with E-state index in [1.165, 1.54) is 4.90 Å². The van der Waals surface area contributed by atoms with Crippen LogP contribution in [0.2, 0.25) is 10.0 Å². The Hall–Kier alpha value is -3.92. The lowest BCUT2D eigenvalue weighted by Crippen LogP contribution is -2.54. The number of hydrogen-bond donors (Lipinski definition) is 1. The largest absolute Gasteiger partial charge is 0.352 e. The zero-order valence-electron chi connectivity index (χ0n) is 25.8. The topological polar surface area (TPSA) is 86.8 Å². The fraction of sp³-hybridized carbons (Fsp3) is 0.257. The van der Waals surface area contributed by atoms with E-state index in [0.29, 0.717) is 22.0 Å². The maximum absolute atomic E-state index is 14.5. The number of rotatable bonds is 13. The predicted molar refractivity (Wildman–Crippen MR) is 181 cm³/mol. The van der Waals surface area contributed by atoms with Crippen LogP contribution < -0.4 is 9.62 Å². The molecule has 7 nitrogen and oxygen atoms in total. The lowest BCUT2D eigenvalue weighted by atomic mass is 10.0. The van der Waals surface area contributed by atoms with Gasteiger partial charge in [-0.05, 0) is 79.9 Å². The van der Waals surface area contributed by atoms with Gasteiger partial charge in [0.1, 0.15) is 18.4 Å². The third-order valence-electron chi connectivity index (χ3n) is 7.63. The van der Waals surface area contributed by atoms with E-state index in [4.69, 9.17) is 23.2 Å². The summed E-state index contributed by atoms with van der Waals surface area (Å²) in [6, 6.07) is 24.0. The van der Waals surface area contributed by atoms with Crippen molar-refractivity contribution >= 4 is 50.7 Å². The van der Waals surface area contributed by atoms with E-state index in [1.807, 2.05) is 51.1 Å². The van der Waals surface area contributed by atoms with E-state index < -0.39 is 34.3 Å². The Morgan fingerprint density at radius 1 is 0.913 bits per heavy atom. The number of halogens is 3. The lowest BCUT2D eigenvalue weighted by Gasteiger charge is -2.34. The smallest absolute Gasteiger partial charge is 0.264 e. The van der Waals surface area contributed by atoms with E-state index >= 15 is 0 Å². The molecule has 46 heavy (non-hydrogen) atoms. The van der Waals surface area contributed by atoms with Crippen molar-refractivity contribution in [1.29, 1.82) is 0 Å². The molecule has 242 valence electrons. The Morgan fingerprint density at radius 2 is 1.57 bits per heavy atom. The number of nitrogens with one attached hydrogen (secondary N) is 1. The molecule has 4 rings (SSSR count). The zero-order chi connectivity index (χ0) is 33.4. The predicted octanol–water partition coefficient (Wildman–Crippen LogP) is 7.19. The van der Waals surface area contributed by atoms with Gasteiger partial charge in [0, 0.05) is 29.1 Å². The van der Waals surface area contributed by atoms with Crippen molar-refractivity contribution in [1.82, 2.24) is 10.2 Å². The average Bonchev–Trinajstić information content (AvgIpc) is 3.03. The fourth-order valence-electron chi connectivity index (χ4n) is 4.80. The van der Waals surface area contributed by atoms with Gasteiger partial charge in [0.2, 0.25) is 11.8 Å². The molecule has 0 aliphatic rings. The summed E-state index contributed by atoms with van der Waals surface area (Å²) in [4.78, 5) is 29.6. The van der Waals surface area contributed by atoms with Crippen molar-refractivity contribution in [2.75, 3.05) is 10.8 Å². The summed E-state index contributed by atoms with van der Waals surface area (Å²) in [7, 11) is -4.35. The number of nitrogens with zero attached hydrogens (tertiary/aromatic N) is 2. The second-order valence-corrected chi connectivity index (χ2v) is 13.8. The van der Waals surface area contributed by atoms with Crippen molar-refractivity contribution < 1.29 is 22.4 Å². The maximum atomic E-state index is 14.5. The number of aryl methyl sites for hydroxylation is 1. The van der Waals surface area contributed by atoms with Gasteiger partial charge in [0.25, 0.3) is 10.0 Å². The number of benzene rings is 4. The Labute approximate surface area is 280 Å². The van der Waals surface area contributed by atoms with Gasteiger partial charge in [-0.3, -0.25) is 13.9 Å². The molecule has 0 heterocycles. The molecule has 0 spiro atoms. The molecule has 11 heteroatoms. The third kappa shape index (κ3) is 8.87. The van der Waals surface area contributed by atoms with Gasteiger partial charge >= 0.3 is 0 Å². The van der Waals surface area contributed by atoms with Gasteiger partial charge in [-0.25, -0.2) is 12.8 Å². The molecule has 0 fully saturated rings. The first-order valence-corrected chi connectivity index (χ1v) is 17.0. The molecule has 4 aromatic carbocycles. The van der Waals surface area contributed by atoms with Crippen LogP contribution in [0.1, 0.15) is 37.0 Å². The second kappa shape index (κ2) is 15.6. The minimum atomic E-state index is -4.35. The molecule has 0 saturated heterocycles. The van der Waals surface area contributed by atoms with Gasteiger partial charge in [-0.2, -0.15) is 0 Å². The Kier molecular flexibility index (Phi) is 11.8. The van der Waals surface area contributed by atoms with E-state index in [0.717, 1.165) is 39.7 Å². The highest BCUT2D eigenvalue weighted by Gasteiger charge is 2.35. The molecule has 0 bridgehead atoms. The summed E-state index contributed by atoms with van der Waals surface area (Å²) in [5, 5.41) is 3.69. The highest BCUT2D eigenvalue weighted by atomic mass is 35.5. The SMILES string of the molecule is CCC(C)NC(=O)C(Cc1ccccc1)N(Cc1ccc(Cl)cc1Cl)C(=O)CN(c1ccc(C)cc1)S(=O)(=O)c1ccc(F)cc1. The molecule has 2 unspecified atom stereocenters. The first kappa shape index (κ1) is 34.9. The molecule has 0 aliphatic carbocycles. The van der Waals surface area contributed by atoms with Crippen LogP contribution in [0.15, 0.2) is 102 Å². The maximum Gasteiger partial charge on any atom is 0.264 e. The van der Waals surface area contributed by atoms with Crippen LogP contribution in [-0.2, 0) is 32.6 Å². The summed E-state index contributed by atoms with van der Waals surface area (Å²) in [6.45, 7) is 4.92. The van der Waals surface area contributed by atoms with Crippen molar-refractivity contribution in [3.8, 4) is 0 Å². The van der Waals surface area contributed by atoms with Crippen LogP contribution in [0, 0.1) is 12.7 Å². The lowest BCUT2D eigenvalue weighted by molar-refractivity contribution is -0.140. The van der Waals surface area contributed by atoms with Gasteiger partial charge in [-0.1, -0.05) is 84.2 Å². The molecular formula is C35H36Cl2FN3O4S. The van der Waals surface area contributed by atoms with E-state index in [-0.39, 0.29) is 35.5 Å². The Balaban J connectivity index is 1.82. The molecule has 0 radical (unpaired) electrons. The third-order valence-corrected chi connectivity index (χ3v) is 10.0. The van der Waals surface area contributed by atoms with E-state index in [1.54, 1.807) is 42.5 Å². The Morgan fingerprint density at radius 3 is 2.17 bits per heavy atom. The summed E-state index contributed by atoms with van der Waals surface area (Å²) in [5.74, 6) is -1.63. The molecule has 2 amide bonds. The van der Waals surface area contributed by atoms with Crippen LogP contribution in [0.25, 0.3) is 0 Å². The molecule has 1 N–H and O–H groups in total. The molecule has 0 saturated carbocycles. The number of carbonyl (C=O) groups excluding carboxylic acids is 2. The van der Waals surface area contributed by atoms with Crippen LogP contribution in [0.5, 0.6) is 0 Å². The van der Waals surface area contributed by atoms with Crippen molar-refractivity contribution in [2.24, 2.45) is 0 Å². The van der Waals surface area contributed by atoms with E-state index in [2.05, 4.69) is 5.32 Å². The minimum absolute atomic E-state index is 0.0986. The average molecular weight is 685 g/mol. The van der Waals surface area contributed by atoms with Crippen LogP contribution in [-0.4, -0.2) is 43.8 Å². The summed E-state index contributed by atoms with van der Waals surface area (Å²) in [5.41, 5.74) is 2.45. The zero-order valence-corrected chi connectivity index (χ0v) is 28.1. The van der Waals surface area contributed by atoms with Gasteiger partial charge in [-0.15, -0.1) is 0 Å². The molecule has 0 aliphatic heterocycles. The number of anilines is 1. The summed E-state index contributed by atoms with van der Waals surface area (Å²) >= 11 is 12.7. The highest BCUT2D eigenvalue weighted by Crippen LogP contribution is 2.27. The molecule has 4 aromatic rings. The highest BCUT2D eigenvalue weighted by molar-refractivity contribution is 7.92. The van der Waals surface area contributed by atoms with E-state index in [9.17, 15) is 22.4 Å². The van der Waals surface area contributed by atoms with Crippen molar-refractivity contribution in [3.63, 3.8) is 0 Å². The quantitative estimate of drug-likeness (QED) is 0.162. The number of sulfonamides is 1. The molecule has 2 atom stereocenters. The van der Waals surface area contributed by atoms with Gasteiger partial charge in [0.15, 0.2) is 0 Å². The fourth-order valence-corrected chi connectivity index (χ4v) is 6.68. The van der Waals surface area contributed by atoms with Crippen LogP contribution in [0.4, 0.5) is 10.1 Å². The number of hydrogen-bond acceptors (Lipinski definition) is 4. The Bertz CT molecular complexity index is 1760. The van der Waals surface area contributed by atoms with Gasteiger partial charge in [0.05, 0.1) is 10.6 Å². The normalized spacial score (nSPS) is 12.7. The monoisotopic (exact) mass is 683 g/mol. The van der Waals surface area contributed by atoms with Gasteiger partial charge < -0.3 is 10.2 Å². The molecular weight excluding hydrogens is 648 g/mol. The minimum Gasteiger partial charge on any atom is -0.352 e. The standard InChI is InChI=1S/C35H36Cl2FN3O4S/c1-4-25(3)39-35(43)33(20-26-8-6-5-7-9-26)40(22-27-12-13-28(36)21-32(27)37)34(42)23-41(30-16-10-24(2)11-17-30)46(44,45)31-18-14-29(38)15-19-31/h5-19,21,25,33H,4,20,22-23H2,1-3H3,(H,39,43). The number of amides is 2. The first-order chi connectivity index (χ1) is 21.9. The first-order valence-electron chi connectivity index (χ1n) is 14.8. The number of carbonyl (C=O) groups is 2. The van der Waals surface area contributed by atoms with Crippen molar-refractivity contribution in [2.45, 2.75) is 57.1 Å². The van der Waals surface area contributed by atoms with Crippen LogP contribution in [0.3, 0.4) is 0 Å². The van der Waals surface area contributed by atoms with Crippen molar-refractivity contribution in [3.05, 3.63) is 130 Å². The molecule has 0 aromatic heterocycles. The summed E-state index contributed by atoms with van der Waals surface area (Å²) in [6.07, 6.45) is 0.827. The van der Waals surface area contributed by atoms with Crippen LogP contribution >= 0.6 is 23.2 Å². The summed E-state index contributed by atoms with van der Waals surface area (Å²) < 4.78 is 42.8.